The van der Waals surface area contributed by atoms with Gasteiger partial charge in [-0.3, -0.25) is 24.6 Å². The molecule has 0 saturated carbocycles. The summed E-state index contributed by atoms with van der Waals surface area (Å²) in [7, 11) is 0. The van der Waals surface area contributed by atoms with Gasteiger partial charge in [0.25, 0.3) is 11.6 Å². The van der Waals surface area contributed by atoms with Gasteiger partial charge in [0, 0.05) is 30.8 Å². The highest BCUT2D eigenvalue weighted by Gasteiger charge is 2.28. The SMILES string of the molecule is O=C1CCCN1CN(C(=O)c1cc([N+](=O)[O-])ccc1Cl)c1ccccc1. The minimum Gasteiger partial charge on any atom is -0.324 e. The first-order valence-electron chi connectivity index (χ1n) is 8.06. The molecule has 2 aromatic rings. The summed E-state index contributed by atoms with van der Waals surface area (Å²) in [6.07, 6.45) is 1.20. The third kappa shape index (κ3) is 3.67. The third-order valence-corrected chi connectivity index (χ3v) is 4.52. The standard InChI is InChI=1S/C18H16ClN3O4/c19-16-9-8-14(22(25)26)11-15(16)18(24)21(13-5-2-1-3-6-13)12-20-10-4-7-17(20)23/h1-3,5-6,8-9,11H,4,7,10,12H2. The Labute approximate surface area is 154 Å². The van der Waals surface area contributed by atoms with Crippen LogP contribution in [0.4, 0.5) is 11.4 Å². The molecule has 0 aromatic heterocycles. The number of nitro benzene ring substituents is 1. The summed E-state index contributed by atoms with van der Waals surface area (Å²) in [5.41, 5.74) is 0.388. The average molecular weight is 374 g/mol. The number of hydrogen-bond donors (Lipinski definition) is 0. The predicted octanol–water partition coefficient (Wildman–Crippen LogP) is 3.47. The van der Waals surface area contributed by atoms with Crippen molar-refractivity contribution < 1.29 is 14.5 Å². The summed E-state index contributed by atoms with van der Waals surface area (Å²) in [6.45, 7) is 0.638. The van der Waals surface area contributed by atoms with Crippen LogP contribution in [0.3, 0.4) is 0 Å². The number of hydrogen-bond acceptors (Lipinski definition) is 4. The van der Waals surface area contributed by atoms with Crippen LogP contribution in [0.2, 0.25) is 5.02 Å². The van der Waals surface area contributed by atoms with Crippen LogP contribution in [0.5, 0.6) is 0 Å². The quantitative estimate of drug-likeness (QED) is 0.593. The Morgan fingerprint density at radius 3 is 2.58 bits per heavy atom. The molecular formula is C18H16ClN3O4. The van der Waals surface area contributed by atoms with Crippen molar-refractivity contribution in [3.63, 3.8) is 0 Å². The van der Waals surface area contributed by atoms with Gasteiger partial charge in [0.15, 0.2) is 0 Å². The van der Waals surface area contributed by atoms with Crippen molar-refractivity contribution in [2.45, 2.75) is 12.8 Å². The molecule has 0 atom stereocenters. The lowest BCUT2D eigenvalue weighted by Gasteiger charge is -2.28. The zero-order chi connectivity index (χ0) is 18.7. The molecule has 0 aliphatic carbocycles. The van der Waals surface area contributed by atoms with Gasteiger partial charge >= 0.3 is 0 Å². The summed E-state index contributed by atoms with van der Waals surface area (Å²) < 4.78 is 0. The number of anilines is 1. The van der Waals surface area contributed by atoms with E-state index in [4.69, 9.17) is 11.6 Å². The molecule has 0 N–H and O–H groups in total. The van der Waals surface area contributed by atoms with Crippen molar-refractivity contribution in [2.24, 2.45) is 0 Å². The van der Waals surface area contributed by atoms with Gasteiger partial charge in [0.05, 0.1) is 15.5 Å². The first kappa shape index (κ1) is 17.9. The van der Waals surface area contributed by atoms with E-state index in [1.807, 2.05) is 6.07 Å². The number of carbonyl (C=O) groups excluding carboxylic acids is 2. The lowest BCUT2D eigenvalue weighted by atomic mass is 10.1. The molecule has 0 spiro atoms. The van der Waals surface area contributed by atoms with Gasteiger partial charge in [0.1, 0.15) is 6.67 Å². The van der Waals surface area contributed by atoms with Crippen LogP contribution < -0.4 is 4.90 Å². The van der Waals surface area contributed by atoms with E-state index in [2.05, 4.69) is 0 Å². The number of nitrogens with zero attached hydrogens (tertiary/aromatic N) is 3. The summed E-state index contributed by atoms with van der Waals surface area (Å²) in [5.74, 6) is -0.520. The van der Waals surface area contributed by atoms with E-state index in [-0.39, 0.29) is 28.8 Å². The van der Waals surface area contributed by atoms with Gasteiger partial charge in [-0.25, -0.2) is 0 Å². The maximum Gasteiger partial charge on any atom is 0.270 e. The molecule has 8 heteroatoms. The average Bonchev–Trinajstić information content (AvgIpc) is 3.04. The van der Waals surface area contributed by atoms with E-state index in [0.717, 1.165) is 12.5 Å². The molecule has 0 bridgehead atoms. The molecule has 26 heavy (non-hydrogen) atoms. The predicted molar refractivity (Wildman–Crippen MR) is 97.2 cm³/mol. The minimum atomic E-state index is -0.579. The van der Waals surface area contributed by atoms with Crippen molar-refractivity contribution >= 4 is 34.8 Å². The normalized spacial score (nSPS) is 13.7. The smallest absolute Gasteiger partial charge is 0.270 e. The van der Waals surface area contributed by atoms with Gasteiger partial charge in [-0.15, -0.1) is 0 Å². The summed E-state index contributed by atoms with van der Waals surface area (Å²) in [6, 6.07) is 12.6. The highest BCUT2D eigenvalue weighted by Crippen LogP contribution is 2.26. The van der Waals surface area contributed by atoms with Crippen LogP contribution in [-0.4, -0.2) is 34.9 Å². The Morgan fingerprint density at radius 1 is 1.23 bits per heavy atom. The van der Waals surface area contributed by atoms with Crippen molar-refractivity contribution in [2.75, 3.05) is 18.1 Å². The van der Waals surface area contributed by atoms with E-state index in [9.17, 15) is 19.7 Å². The van der Waals surface area contributed by atoms with Crippen molar-refractivity contribution in [3.05, 3.63) is 69.2 Å². The van der Waals surface area contributed by atoms with Crippen molar-refractivity contribution in [1.29, 1.82) is 0 Å². The number of rotatable bonds is 5. The molecule has 1 aliphatic heterocycles. The van der Waals surface area contributed by atoms with Gasteiger partial charge in [-0.2, -0.15) is 0 Å². The Hall–Kier alpha value is -2.93. The summed E-state index contributed by atoms with van der Waals surface area (Å²) in [4.78, 5) is 38.6. The van der Waals surface area contributed by atoms with Crippen LogP contribution in [-0.2, 0) is 4.79 Å². The number of amides is 2. The number of carbonyl (C=O) groups is 2. The molecule has 0 unspecified atom stereocenters. The number of non-ortho nitro benzene ring substituents is 1. The molecule has 1 saturated heterocycles. The fourth-order valence-corrected chi connectivity index (χ4v) is 3.03. The van der Waals surface area contributed by atoms with Gasteiger partial charge < -0.3 is 4.90 Å². The molecule has 1 heterocycles. The summed E-state index contributed by atoms with van der Waals surface area (Å²) in [5, 5.41) is 11.2. The summed E-state index contributed by atoms with van der Waals surface area (Å²) >= 11 is 6.12. The van der Waals surface area contributed by atoms with Crippen LogP contribution in [0, 0.1) is 10.1 Å². The first-order valence-corrected chi connectivity index (χ1v) is 8.44. The molecule has 0 radical (unpaired) electrons. The van der Waals surface area contributed by atoms with Crippen LogP contribution in [0.15, 0.2) is 48.5 Å². The number of benzene rings is 2. The third-order valence-electron chi connectivity index (χ3n) is 4.19. The Bertz CT molecular complexity index is 857. The van der Waals surface area contributed by atoms with E-state index in [1.54, 1.807) is 29.2 Å². The molecule has 1 fully saturated rings. The van der Waals surface area contributed by atoms with Gasteiger partial charge in [-0.05, 0) is 24.6 Å². The second-order valence-corrected chi connectivity index (χ2v) is 6.30. The minimum absolute atomic E-state index is 0.0242. The van der Waals surface area contributed by atoms with Gasteiger partial charge in [0.2, 0.25) is 5.91 Å². The van der Waals surface area contributed by atoms with Crippen LogP contribution in [0.25, 0.3) is 0 Å². The highest BCUT2D eigenvalue weighted by atomic mass is 35.5. The molecule has 7 nitrogen and oxygen atoms in total. The monoisotopic (exact) mass is 373 g/mol. The topological polar surface area (TPSA) is 83.8 Å². The number of halogens is 1. The molecule has 3 rings (SSSR count). The molecular weight excluding hydrogens is 358 g/mol. The second-order valence-electron chi connectivity index (χ2n) is 5.89. The zero-order valence-electron chi connectivity index (χ0n) is 13.8. The van der Waals surface area contributed by atoms with Crippen LogP contribution >= 0.6 is 11.6 Å². The van der Waals surface area contributed by atoms with E-state index in [0.29, 0.717) is 18.7 Å². The fourth-order valence-electron chi connectivity index (χ4n) is 2.83. The van der Waals surface area contributed by atoms with Crippen LogP contribution in [0.1, 0.15) is 23.2 Å². The second kappa shape index (κ2) is 7.53. The number of nitro groups is 1. The Kier molecular flexibility index (Phi) is 5.18. The Morgan fingerprint density at radius 2 is 1.96 bits per heavy atom. The molecule has 2 aromatic carbocycles. The van der Waals surface area contributed by atoms with Gasteiger partial charge in [-0.1, -0.05) is 29.8 Å². The number of para-hydroxylation sites is 1. The van der Waals surface area contributed by atoms with Crippen molar-refractivity contribution in [3.8, 4) is 0 Å². The maximum atomic E-state index is 13.1. The lowest BCUT2D eigenvalue weighted by Crippen LogP contribution is -2.42. The zero-order valence-corrected chi connectivity index (χ0v) is 14.6. The fraction of sp³-hybridized carbons (Fsp3) is 0.222. The Balaban J connectivity index is 1.98. The van der Waals surface area contributed by atoms with Crippen molar-refractivity contribution in [1.82, 2.24) is 4.90 Å². The molecule has 134 valence electrons. The van der Waals surface area contributed by atoms with E-state index >= 15 is 0 Å². The molecule has 1 aliphatic rings. The lowest BCUT2D eigenvalue weighted by molar-refractivity contribution is -0.384. The van der Waals surface area contributed by atoms with E-state index < -0.39 is 10.8 Å². The highest BCUT2D eigenvalue weighted by molar-refractivity contribution is 6.34. The first-order chi connectivity index (χ1) is 12.5. The number of likely N-dealkylation sites (tertiary alicyclic amines) is 1. The largest absolute Gasteiger partial charge is 0.324 e. The molecule has 2 amide bonds. The maximum absolute atomic E-state index is 13.1. The van der Waals surface area contributed by atoms with E-state index in [1.165, 1.54) is 17.0 Å².